The molecule has 1 fully saturated rings. The molecular weight excluding hydrogens is 259 g/mol. The Hall–Kier alpha value is 0.207. The summed E-state index contributed by atoms with van der Waals surface area (Å²) in [6.07, 6.45) is 7.75. The standard InChI is InChI=1S/C12H13Cl2OSi/c1-16(2,3)10-9(8-6-4-5-7-8)12(13,14)11(10)15/h4-7H,1-3H3. The molecule has 5 radical (unpaired) electrons. The Morgan fingerprint density at radius 3 is 2.06 bits per heavy atom. The summed E-state index contributed by atoms with van der Waals surface area (Å²) in [7, 11) is -1.68. The van der Waals surface area contributed by atoms with Crippen LogP contribution < -0.4 is 0 Å². The average Bonchev–Trinajstić information content (AvgIpc) is 2.63. The first-order chi connectivity index (χ1) is 7.26. The Morgan fingerprint density at radius 1 is 1.12 bits per heavy atom. The molecule has 0 saturated heterocycles. The van der Waals surface area contributed by atoms with Gasteiger partial charge in [-0.15, -0.1) is 0 Å². The van der Waals surface area contributed by atoms with Crippen LogP contribution in [0.1, 0.15) is 0 Å². The second kappa shape index (κ2) is 3.86. The zero-order chi connectivity index (χ0) is 12.1. The molecule has 0 amide bonds. The van der Waals surface area contributed by atoms with Crippen molar-refractivity contribution < 1.29 is 4.79 Å². The number of halogens is 2. The van der Waals surface area contributed by atoms with E-state index in [0.717, 1.165) is 16.7 Å². The molecule has 4 heteroatoms. The molecule has 0 heterocycles. The molecule has 0 atom stereocenters. The molecule has 0 spiro atoms. The first kappa shape index (κ1) is 12.7. The van der Waals surface area contributed by atoms with Crippen molar-refractivity contribution in [1.82, 2.24) is 0 Å². The van der Waals surface area contributed by atoms with E-state index in [-0.39, 0.29) is 5.78 Å². The topological polar surface area (TPSA) is 17.1 Å². The molecule has 2 rings (SSSR count). The Balaban J connectivity index is 2.43. The van der Waals surface area contributed by atoms with Gasteiger partial charge in [0.1, 0.15) is 0 Å². The fourth-order valence-electron chi connectivity index (χ4n) is 2.06. The van der Waals surface area contributed by atoms with Crippen LogP contribution in [0.2, 0.25) is 19.6 Å². The van der Waals surface area contributed by atoms with Gasteiger partial charge in [0.15, 0.2) is 5.78 Å². The molecule has 0 aromatic carbocycles. The van der Waals surface area contributed by atoms with Gasteiger partial charge in [0.2, 0.25) is 4.33 Å². The molecule has 2 aliphatic rings. The Morgan fingerprint density at radius 2 is 1.62 bits per heavy atom. The second-order valence-electron chi connectivity index (χ2n) is 5.08. The lowest BCUT2D eigenvalue weighted by Crippen LogP contribution is -2.51. The maximum Gasteiger partial charge on any atom is 0.201 e. The number of ketones is 1. The molecule has 0 bridgehead atoms. The number of carbonyl (C=O) groups excluding carboxylic acids is 1. The van der Waals surface area contributed by atoms with Crippen LogP contribution in [0.3, 0.4) is 0 Å². The van der Waals surface area contributed by atoms with E-state index in [2.05, 4.69) is 19.6 Å². The van der Waals surface area contributed by atoms with E-state index >= 15 is 0 Å². The minimum Gasteiger partial charge on any atom is -0.291 e. The average molecular weight is 272 g/mol. The number of carbonyl (C=O) groups is 1. The minimum absolute atomic E-state index is 0.105. The fourth-order valence-corrected chi connectivity index (χ4v) is 4.92. The summed E-state index contributed by atoms with van der Waals surface area (Å²) < 4.78 is -1.33. The third-order valence-corrected chi connectivity index (χ3v) is 5.48. The van der Waals surface area contributed by atoms with Crippen LogP contribution in [0.5, 0.6) is 0 Å². The lowest BCUT2D eigenvalue weighted by Gasteiger charge is -2.42. The third-order valence-electron chi connectivity index (χ3n) is 2.78. The third kappa shape index (κ3) is 1.79. The zero-order valence-electron chi connectivity index (χ0n) is 9.47. The Bertz CT molecular complexity index is 360. The van der Waals surface area contributed by atoms with Crippen molar-refractivity contribution in [2.24, 2.45) is 0 Å². The molecule has 0 N–H and O–H groups in total. The van der Waals surface area contributed by atoms with Crippen molar-refractivity contribution in [3.05, 3.63) is 42.4 Å². The molecule has 0 aliphatic heterocycles. The van der Waals surface area contributed by atoms with E-state index in [9.17, 15) is 4.79 Å². The van der Waals surface area contributed by atoms with Crippen molar-refractivity contribution in [1.29, 1.82) is 0 Å². The number of rotatable bonds is 2. The molecular formula is C12H13Cl2OSi. The van der Waals surface area contributed by atoms with E-state index in [1.165, 1.54) is 0 Å². The number of alkyl halides is 2. The maximum absolute atomic E-state index is 11.9. The Kier molecular flexibility index (Phi) is 3.05. The van der Waals surface area contributed by atoms with Crippen LogP contribution >= 0.6 is 23.2 Å². The first-order valence-electron chi connectivity index (χ1n) is 5.16. The van der Waals surface area contributed by atoms with E-state index in [4.69, 9.17) is 23.2 Å². The fraction of sp³-hybridized carbons (Fsp3) is 0.333. The monoisotopic (exact) mass is 271 g/mol. The van der Waals surface area contributed by atoms with Gasteiger partial charge in [-0.2, -0.15) is 0 Å². The minimum atomic E-state index is -1.68. The SMILES string of the molecule is C[Si](C)(C)C1=C([C]2[CH][CH][CH][CH]2)C(Cl)(Cl)C1=O. The summed E-state index contributed by atoms with van der Waals surface area (Å²) in [5.74, 6) is 0.869. The van der Waals surface area contributed by atoms with Gasteiger partial charge in [0.05, 0.1) is 8.07 Å². The summed E-state index contributed by atoms with van der Waals surface area (Å²) in [4.78, 5) is 11.9. The van der Waals surface area contributed by atoms with Gasteiger partial charge in [-0.05, 0) is 36.5 Å². The van der Waals surface area contributed by atoms with Crippen molar-refractivity contribution in [3.8, 4) is 0 Å². The van der Waals surface area contributed by atoms with Crippen LogP contribution in [0, 0.1) is 31.6 Å². The van der Waals surface area contributed by atoms with Crippen molar-refractivity contribution >= 4 is 37.1 Å². The van der Waals surface area contributed by atoms with Crippen LogP contribution in [0.4, 0.5) is 0 Å². The van der Waals surface area contributed by atoms with Gasteiger partial charge < -0.3 is 0 Å². The second-order valence-corrected chi connectivity index (χ2v) is 11.4. The number of allylic oxidation sites excluding steroid dienone is 2. The van der Waals surface area contributed by atoms with Crippen LogP contribution in [0.15, 0.2) is 10.8 Å². The molecule has 16 heavy (non-hydrogen) atoms. The van der Waals surface area contributed by atoms with Gasteiger partial charge in [0.25, 0.3) is 0 Å². The summed E-state index contributed by atoms with van der Waals surface area (Å²) in [5.41, 5.74) is 0.824. The largest absolute Gasteiger partial charge is 0.291 e. The lowest BCUT2D eigenvalue weighted by atomic mass is 9.83. The molecule has 1 nitrogen and oxygen atoms in total. The first-order valence-corrected chi connectivity index (χ1v) is 9.42. The van der Waals surface area contributed by atoms with E-state index in [0.29, 0.717) is 0 Å². The van der Waals surface area contributed by atoms with Crippen molar-refractivity contribution in [2.45, 2.75) is 24.0 Å². The normalized spacial score (nSPS) is 26.2. The molecule has 0 aromatic rings. The van der Waals surface area contributed by atoms with Crippen LogP contribution in [-0.2, 0) is 4.79 Å². The number of hydrogen-bond donors (Lipinski definition) is 0. The molecule has 0 aromatic heterocycles. The predicted molar refractivity (Wildman–Crippen MR) is 70.3 cm³/mol. The highest BCUT2D eigenvalue weighted by molar-refractivity contribution is 6.91. The van der Waals surface area contributed by atoms with E-state index in [1.54, 1.807) is 0 Å². The number of Topliss-reactive ketones (excluding diaryl/α,β-unsaturated/α-hetero) is 1. The quantitative estimate of drug-likeness (QED) is 0.556. The molecule has 85 valence electrons. The Labute approximate surface area is 108 Å². The van der Waals surface area contributed by atoms with Crippen molar-refractivity contribution in [2.75, 3.05) is 0 Å². The summed E-state index contributed by atoms with van der Waals surface area (Å²) in [6.45, 7) is 6.39. The lowest BCUT2D eigenvalue weighted by molar-refractivity contribution is -0.116. The highest BCUT2D eigenvalue weighted by Crippen LogP contribution is 2.54. The van der Waals surface area contributed by atoms with E-state index in [1.807, 2.05) is 25.7 Å². The van der Waals surface area contributed by atoms with Gasteiger partial charge in [-0.25, -0.2) is 0 Å². The van der Waals surface area contributed by atoms with Gasteiger partial charge >= 0.3 is 0 Å². The van der Waals surface area contributed by atoms with Gasteiger partial charge in [0, 0.05) is 5.92 Å². The maximum atomic E-state index is 11.9. The summed E-state index contributed by atoms with van der Waals surface area (Å²) in [6, 6.07) is 0. The summed E-state index contributed by atoms with van der Waals surface area (Å²) >= 11 is 12.2. The number of hydrogen-bond acceptors (Lipinski definition) is 1. The van der Waals surface area contributed by atoms with Crippen molar-refractivity contribution in [3.63, 3.8) is 0 Å². The van der Waals surface area contributed by atoms with Crippen LogP contribution in [-0.4, -0.2) is 18.2 Å². The van der Waals surface area contributed by atoms with E-state index < -0.39 is 12.4 Å². The molecule has 0 unspecified atom stereocenters. The zero-order valence-corrected chi connectivity index (χ0v) is 12.0. The highest BCUT2D eigenvalue weighted by atomic mass is 35.5. The smallest absolute Gasteiger partial charge is 0.201 e. The molecule has 1 saturated carbocycles. The summed E-state index contributed by atoms with van der Waals surface area (Å²) in [5, 5.41) is 0.878. The molecule has 2 aliphatic carbocycles. The predicted octanol–water partition coefficient (Wildman–Crippen LogP) is 3.32. The highest BCUT2D eigenvalue weighted by Gasteiger charge is 2.57. The van der Waals surface area contributed by atoms with Gasteiger partial charge in [-0.1, -0.05) is 42.8 Å². The van der Waals surface area contributed by atoms with Gasteiger partial charge in [-0.3, -0.25) is 4.79 Å². The van der Waals surface area contributed by atoms with Crippen LogP contribution in [0.25, 0.3) is 0 Å².